The van der Waals surface area contributed by atoms with Gasteiger partial charge in [-0.3, -0.25) is 9.36 Å². The van der Waals surface area contributed by atoms with Crippen LogP contribution in [0.4, 0.5) is 0 Å². The largest absolute Gasteiger partial charge is 0.317 e. The lowest BCUT2D eigenvalue weighted by atomic mass is 10.0. The van der Waals surface area contributed by atoms with Gasteiger partial charge in [-0.2, -0.15) is 4.98 Å². The first-order valence-electron chi connectivity index (χ1n) is 10.4. The van der Waals surface area contributed by atoms with Crippen molar-refractivity contribution in [3.05, 3.63) is 118 Å². The van der Waals surface area contributed by atoms with E-state index in [1.807, 2.05) is 53.1 Å². The Morgan fingerprint density at radius 3 is 2.09 bits per heavy atom. The van der Waals surface area contributed by atoms with E-state index >= 15 is 0 Å². The van der Waals surface area contributed by atoms with E-state index in [0.717, 1.165) is 22.5 Å². The number of benzene rings is 3. The average Bonchev–Trinajstić information content (AvgIpc) is 3.15. The van der Waals surface area contributed by atoms with Crippen LogP contribution in [0.25, 0.3) is 22.3 Å². The fourth-order valence-electron chi connectivity index (χ4n) is 3.88. The monoisotopic (exact) mass is 440 g/mol. The summed E-state index contributed by atoms with van der Waals surface area (Å²) in [6.45, 7) is 0.535. The SMILES string of the molecule is Cn1c(Cl)nc2nc(Cc3ccc(-c4ccccc4)cc3)n(Cc3ccccc3)c2c1=O. The predicted octanol–water partition coefficient (Wildman–Crippen LogP) is 5.09. The third-order valence-corrected chi connectivity index (χ3v) is 5.96. The zero-order valence-corrected chi connectivity index (χ0v) is 18.3. The average molecular weight is 441 g/mol. The van der Waals surface area contributed by atoms with Crippen molar-refractivity contribution in [3.63, 3.8) is 0 Å². The van der Waals surface area contributed by atoms with E-state index in [9.17, 15) is 4.79 Å². The number of imidazole rings is 1. The number of nitrogens with zero attached hydrogens (tertiary/aromatic N) is 4. The van der Waals surface area contributed by atoms with Crippen molar-refractivity contribution in [2.75, 3.05) is 0 Å². The van der Waals surface area contributed by atoms with E-state index in [2.05, 4.69) is 41.4 Å². The molecule has 5 aromatic rings. The van der Waals surface area contributed by atoms with Crippen LogP contribution in [0.2, 0.25) is 5.28 Å². The number of aromatic nitrogens is 4. The Morgan fingerprint density at radius 1 is 0.781 bits per heavy atom. The molecule has 32 heavy (non-hydrogen) atoms. The van der Waals surface area contributed by atoms with Gasteiger partial charge in [0.2, 0.25) is 5.28 Å². The minimum atomic E-state index is -0.200. The lowest BCUT2D eigenvalue weighted by molar-refractivity contribution is 0.751. The smallest absolute Gasteiger partial charge is 0.280 e. The van der Waals surface area contributed by atoms with Crippen molar-refractivity contribution in [1.29, 1.82) is 0 Å². The Labute approximate surface area is 190 Å². The van der Waals surface area contributed by atoms with Crippen molar-refractivity contribution in [2.45, 2.75) is 13.0 Å². The summed E-state index contributed by atoms with van der Waals surface area (Å²) in [7, 11) is 1.62. The quantitative estimate of drug-likeness (QED) is 0.358. The molecule has 2 heterocycles. The molecule has 0 N–H and O–H groups in total. The van der Waals surface area contributed by atoms with Gasteiger partial charge >= 0.3 is 0 Å². The first-order valence-corrected chi connectivity index (χ1v) is 10.8. The molecule has 5 nitrogen and oxygen atoms in total. The van der Waals surface area contributed by atoms with Crippen LogP contribution in [0.5, 0.6) is 0 Å². The zero-order valence-electron chi connectivity index (χ0n) is 17.6. The first-order chi connectivity index (χ1) is 15.6. The molecule has 0 atom stereocenters. The van der Waals surface area contributed by atoms with E-state index in [-0.39, 0.29) is 10.8 Å². The fourth-order valence-corrected chi connectivity index (χ4v) is 4.04. The lowest BCUT2D eigenvalue weighted by Crippen LogP contribution is -2.21. The van der Waals surface area contributed by atoms with Crippen LogP contribution in [0, 0.1) is 0 Å². The summed E-state index contributed by atoms with van der Waals surface area (Å²) in [5, 5.41) is 0.130. The highest BCUT2D eigenvalue weighted by molar-refractivity contribution is 6.28. The minimum absolute atomic E-state index is 0.130. The molecule has 0 saturated carbocycles. The summed E-state index contributed by atoms with van der Waals surface area (Å²) in [6, 6.07) is 28.8. The van der Waals surface area contributed by atoms with Gasteiger partial charge in [-0.25, -0.2) is 4.98 Å². The standard InChI is InChI=1S/C26H21ClN4O/c1-30-25(32)23-24(29-26(30)27)28-22(31(23)17-19-8-4-2-5-9-19)16-18-12-14-21(15-13-18)20-10-6-3-7-11-20/h2-15H,16-17H2,1H3. The van der Waals surface area contributed by atoms with Gasteiger partial charge in [0, 0.05) is 20.0 Å². The lowest BCUT2D eigenvalue weighted by Gasteiger charge is -2.10. The van der Waals surface area contributed by atoms with E-state index in [0.29, 0.717) is 24.1 Å². The highest BCUT2D eigenvalue weighted by Gasteiger charge is 2.18. The van der Waals surface area contributed by atoms with Crippen LogP contribution < -0.4 is 5.56 Å². The second-order valence-corrected chi connectivity index (χ2v) is 8.09. The molecule has 0 bridgehead atoms. The number of hydrogen-bond donors (Lipinski definition) is 0. The molecule has 0 aliphatic rings. The summed E-state index contributed by atoms with van der Waals surface area (Å²) in [5.74, 6) is 0.781. The van der Waals surface area contributed by atoms with Crippen LogP contribution in [-0.2, 0) is 20.0 Å². The molecule has 0 radical (unpaired) electrons. The van der Waals surface area contributed by atoms with Gasteiger partial charge in [-0.15, -0.1) is 0 Å². The molecule has 0 fully saturated rings. The Bertz CT molecular complexity index is 1440. The minimum Gasteiger partial charge on any atom is -0.317 e. The molecule has 0 spiro atoms. The van der Waals surface area contributed by atoms with E-state index in [1.54, 1.807) is 7.05 Å². The molecule has 0 unspecified atom stereocenters. The molecule has 5 rings (SSSR count). The van der Waals surface area contributed by atoms with Crippen LogP contribution >= 0.6 is 11.6 Å². The fraction of sp³-hybridized carbons (Fsp3) is 0.115. The van der Waals surface area contributed by atoms with Crippen LogP contribution in [0.3, 0.4) is 0 Å². The van der Waals surface area contributed by atoms with Crippen LogP contribution in [0.15, 0.2) is 89.7 Å². The molecular weight excluding hydrogens is 420 g/mol. The highest BCUT2D eigenvalue weighted by atomic mass is 35.5. The van der Waals surface area contributed by atoms with E-state index in [1.165, 1.54) is 10.1 Å². The summed E-state index contributed by atoms with van der Waals surface area (Å²) < 4.78 is 3.31. The Balaban J connectivity index is 1.56. The third kappa shape index (κ3) is 3.83. The maximum atomic E-state index is 13.0. The first kappa shape index (κ1) is 20.2. The van der Waals surface area contributed by atoms with Gasteiger partial charge < -0.3 is 4.57 Å². The van der Waals surface area contributed by atoms with E-state index < -0.39 is 0 Å². The molecule has 2 aromatic heterocycles. The summed E-state index contributed by atoms with van der Waals surface area (Å²) >= 11 is 6.15. The van der Waals surface area contributed by atoms with Crippen LogP contribution in [0.1, 0.15) is 17.0 Å². The molecule has 0 aliphatic carbocycles. The molecular formula is C26H21ClN4O. The summed E-state index contributed by atoms with van der Waals surface area (Å²) in [6.07, 6.45) is 0.582. The van der Waals surface area contributed by atoms with Gasteiger partial charge in [0.1, 0.15) is 5.82 Å². The maximum absolute atomic E-state index is 13.0. The van der Waals surface area contributed by atoms with Crippen molar-refractivity contribution in [2.24, 2.45) is 7.05 Å². The highest BCUT2D eigenvalue weighted by Crippen LogP contribution is 2.22. The van der Waals surface area contributed by atoms with Crippen molar-refractivity contribution in [1.82, 2.24) is 19.1 Å². The molecule has 3 aromatic carbocycles. The maximum Gasteiger partial charge on any atom is 0.280 e. The van der Waals surface area contributed by atoms with Crippen molar-refractivity contribution in [3.8, 4) is 11.1 Å². The Kier molecular flexibility index (Phi) is 5.33. The molecule has 158 valence electrons. The van der Waals surface area contributed by atoms with Gasteiger partial charge in [-0.1, -0.05) is 84.9 Å². The van der Waals surface area contributed by atoms with Gasteiger partial charge in [0.15, 0.2) is 11.2 Å². The van der Waals surface area contributed by atoms with Crippen LogP contribution in [-0.4, -0.2) is 19.1 Å². The molecule has 0 saturated heterocycles. The molecule has 6 heteroatoms. The second-order valence-electron chi connectivity index (χ2n) is 7.76. The third-order valence-electron chi connectivity index (χ3n) is 5.62. The normalized spacial score (nSPS) is 11.2. The zero-order chi connectivity index (χ0) is 22.1. The van der Waals surface area contributed by atoms with Crippen molar-refractivity contribution >= 4 is 22.8 Å². The summed E-state index contributed by atoms with van der Waals surface area (Å²) in [5.41, 5.74) is 5.18. The van der Waals surface area contributed by atoms with E-state index in [4.69, 9.17) is 16.6 Å². The van der Waals surface area contributed by atoms with Gasteiger partial charge in [-0.05, 0) is 33.9 Å². The number of hydrogen-bond acceptors (Lipinski definition) is 3. The van der Waals surface area contributed by atoms with Crippen molar-refractivity contribution < 1.29 is 0 Å². The molecule has 0 amide bonds. The van der Waals surface area contributed by atoms with Gasteiger partial charge in [0.25, 0.3) is 5.56 Å². The van der Waals surface area contributed by atoms with Gasteiger partial charge in [0.05, 0.1) is 0 Å². The number of fused-ring (bicyclic) bond motifs is 1. The Hall–Kier alpha value is -3.70. The number of halogens is 1. The summed E-state index contributed by atoms with van der Waals surface area (Å²) in [4.78, 5) is 22.1. The predicted molar refractivity (Wildman–Crippen MR) is 128 cm³/mol. The number of rotatable bonds is 5. The second kappa shape index (κ2) is 8.44. The Morgan fingerprint density at radius 2 is 1.41 bits per heavy atom. The molecule has 0 aliphatic heterocycles. The topological polar surface area (TPSA) is 52.7 Å².